The number of carbonyl (C=O) groups is 2. The molecule has 12 nitrogen and oxygen atoms in total. The number of non-ortho nitro benzene ring substituents is 1. The number of nitro benzene ring substituents is 1. The molecule has 2 atom stereocenters. The monoisotopic (exact) mass is 550 g/mol. The number of anilines is 1. The van der Waals surface area contributed by atoms with Gasteiger partial charge in [0.1, 0.15) is 29.8 Å². The molecule has 2 aromatic carbocycles. The summed E-state index contributed by atoms with van der Waals surface area (Å²) in [4.78, 5) is 38.6. The predicted octanol–water partition coefficient (Wildman–Crippen LogP) is 2.71. The number of hydrogen-bond acceptors (Lipinski definition) is 8. The number of nitrogens with one attached hydrogen (secondary N) is 1. The van der Waals surface area contributed by atoms with Gasteiger partial charge in [0.15, 0.2) is 0 Å². The summed E-state index contributed by atoms with van der Waals surface area (Å²) in [6.07, 6.45) is 1.56. The first-order chi connectivity index (χ1) is 17.8. The van der Waals surface area contributed by atoms with Crippen LogP contribution in [-0.2, 0) is 26.2 Å². The van der Waals surface area contributed by atoms with Gasteiger partial charge in [-0.15, -0.1) is 0 Å². The minimum atomic E-state index is -4.11. The number of methoxy groups -OCH3 is 2. The smallest absolute Gasteiger partial charge is 0.271 e. The number of rotatable bonds is 13. The molecule has 208 valence electrons. The molecule has 0 bridgehead atoms. The number of nitro groups is 1. The fraction of sp³-hybridized carbons (Fsp3) is 0.440. The van der Waals surface area contributed by atoms with Crippen molar-refractivity contribution in [3.05, 3.63) is 58.1 Å². The maximum atomic E-state index is 13.7. The second kappa shape index (κ2) is 13.1. The third kappa shape index (κ3) is 7.81. The Morgan fingerprint density at radius 1 is 1.08 bits per heavy atom. The lowest BCUT2D eigenvalue weighted by Crippen LogP contribution is -2.52. The molecular formula is C25H34N4O8S. The van der Waals surface area contributed by atoms with Crippen LogP contribution in [0.2, 0.25) is 0 Å². The van der Waals surface area contributed by atoms with Crippen LogP contribution in [0.25, 0.3) is 0 Å². The van der Waals surface area contributed by atoms with Crippen LogP contribution in [0.1, 0.15) is 32.8 Å². The highest BCUT2D eigenvalue weighted by Crippen LogP contribution is 2.34. The van der Waals surface area contributed by atoms with Crippen LogP contribution < -0.4 is 19.1 Å². The molecular weight excluding hydrogens is 516 g/mol. The van der Waals surface area contributed by atoms with E-state index in [0.29, 0.717) is 17.7 Å². The van der Waals surface area contributed by atoms with Gasteiger partial charge in [-0.2, -0.15) is 0 Å². The summed E-state index contributed by atoms with van der Waals surface area (Å²) in [5.41, 5.74) is 0.137. The Morgan fingerprint density at radius 2 is 1.71 bits per heavy atom. The summed E-state index contributed by atoms with van der Waals surface area (Å²) in [6, 6.07) is 9.25. The van der Waals surface area contributed by atoms with Gasteiger partial charge >= 0.3 is 0 Å². The van der Waals surface area contributed by atoms with Gasteiger partial charge in [-0.1, -0.05) is 19.1 Å². The Labute approximate surface area is 222 Å². The standard InChI is InChI=1S/C25H34N4O8S/c1-7-17(2)26-25(31)18(3)27(15-19-8-11-21(36-4)12-9-19)24(30)16-28(38(6,34)35)22-14-20(29(32)33)10-13-23(22)37-5/h8-14,17-18H,7,15-16H2,1-6H3,(H,26,31)/t17-,18-/m0/s1. The fourth-order valence-corrected chi connectivity index (χ4v) is 4.40. The second-order valence-corrected chi connectivity index (χ2v) is 10.7. The third-order valence-corrected chi connectivity index (χ3v) is 7.13. The van der Waals surface area contributed by atoms with Gasteiger partial charge in [0.05, 0.1) is 25.4 Å². The number of ether oxygens (including phenoxy) is 2. The maximum Gasteiger partial charge on any atom is 0.271 e. The van der Waals surface area contributed by atoms with Crippen molar-refractivity contribution in [2.24, 2.45) is 0 Å². The van der Waals surface area contributed by atoms with Crippen LogP contribution in [0.15, 0.2) is 42.5 Å². The normalized spacial score (nSPS) is 12.7. The first-order valence-electron chi connectivity index (χ1n) is 11.8. The number of benzene rings is 2. The quantitative estimate of drug-likeness (QED) is 0.296. The van der Waals surface area contributed by atoms with Crippen molar-refractivity contribution in [1.29, 1.82) is 0 Å². The van der Waals surface area contributed by atoms with Crippen LogP contribution in [-0.4, -0.2) is 69.2 Å². The largest absolute Gasteiger partial charge is 0.497 e. The van der Waals surface area contributed by atoms with Gasteiger partial charge in [-0.05, 0) is 44.0 Å². The van der Waals surface area contributed by atoms with Gasteiger partial charge in [0, 0.05) is 24.7 Å². The summed E-state index contributed by atoms with van der Waals surface area (Å²) < 4.78 is 36.7. The zero-order valence-corrected chi connectivity index (χ0v) is 23.1. The van der Waals surface area contributed by atoms with E-state index >= 15 is 0 Å². The van der Waals surface area contributed by atoms with Crippen molar-refractivity contribution in [2.45, 2.75) is 45.8 Å². The van der Waals surface area contributed by atoms with Crippen molar-refractivity contribution in [3.8, 4) is 11.5 Å². The average molecular weight is 551 g/mol. The Hall–Kier alpha value is -3.87. The van der Waals surface area contributed by atoms with Gasteiger partial charge in [-0.25, -0.2) is 8.42 Å². The van der Waals surface area contributed by atoms with E-state index in [1.165, 1.54) is 31.3 Å². The van der Waals surface area contributed by atoms with Crippen LogP contribution in [0.5, 0.6) is 11.5 Å². The van der Waals surface area contributed by atoms with Crippen molar-refractivity contribution < 1.29 is 32.4 Å². The minimum absolute atomic E-state index is 0.00158. The zero-order valence-electron chi connectivity index (χ0n) is 22.3. The molecule has 0 heterocycles. The Balaban J connectivity index is 2.50. The molecule has 38 heavy (non-hydrogen) atoms. The maximum absolute atomic E-state index is 13.7. The third-order valence-electron chi connectivity index (χ3n) is 6.00. The molecule has 13 heteroatoms. The van der Waals surface area contributed by atoms with Crippen LogP contribution >= 0.6 is 0 Å². The van der Waals surface area contributed by atoms with E-state index in [1.54, 1.807) is 31.2 Å². The van der Waals surface area contributed by atoms with Crippen molar-refractivity contribution in [3.63, 3.8) is 0 Å². The van der Waals surface area contributed by atoms with Crippen LogP contribution in [0.3, 0.4) is 0 Å². The van der Waals surface area contributed by atoms with E-state index in [2.05, 4.69) is 5.32 Å². The molecule has 2 rings (SSSR count). The fourth-order valence-electron chi connectivity index (χ4n) is 3.56. The molecule has 0 aliphatic rings. The SMILES string of the molecule is CC[C@H](C)NC(=O)[C@H](C)N(Cc1ccc(OC)cc1)C(=O)CN(c1cc([N+](=O)[O-])ccc1OC)S(C)(=O)=O. The highest BCUT2D eigenvalue weighted by Gasteiger charge is 2.32. The van der Waals surface area contributed by atoms with Crippen LogP contribution in [0.4, 0.5) is 11.4 Å². The van der Waals surface area contributed by atoms with Crippen molar-refractivity contribution in [1.82, 2.24) is 10.2 Å². The van der Waals surface area contributed by atoms with E-state index in [4.69, 9.17) is 9.47 Å². The molecule has 0 spiro atoms. The van der Waals surface area contributed by atoms with E-state index in [1.807, 2.05) is 13.8 Å². The lowest BCUT2D eigenvalue weighted by molar-refractivity contribution is -0.384. The molecule has 0 saturated carbocycles. The molecule has 0 unspecified atom stereocenters. The lowest BCUT2D eigenvalue weighted by atomic mass is 10.1. The van der Waals surface area contributed by atoms with Gasteiger partial charge in [0.25, 0.3) is 5.69 Å². The van der Waals surface area contributed by atoms with Gasteiger partial charge in [-0.3, -0.25) is 24.0 Å². The lowest BCUT2D eigenvalue weighted by Gasteiger charge is -2.32. The summed E-state index contributed by atoms with van der Waals surface area (Å²) in [5, 5.41) is 14.2. The molecule has 1 N–H and O–H groups in total. The zero-order chi connectivity index (χ0) is 28.6. The second-order valence-electron chi connectivity index (χ2n) is 8.75. The molecule has 0 aliphatic heterocycles. The molecule has 0 saturated heterocycles. The summed E-state index contributed by atoms with van der Waals surface area (Å²) in [5.74, 6) is -0.458. The molecule has 0 aliphatic carbocycles. The summed E-state index contributed by atoms with van der Waals surface area (Å²) in [6.45, 7) is 4.58. The summed E-state index contributed by atoms with van der Waals surface area (Å²) in [7, 11) is -1.30. The van der Waals surface area contributed by atoms with E-state index in [-0.39, 0.29) is 29.7 Å². The topological polar surface area (TPSA) is 148 Å². The Morgan fingerprint density at radius 3 is 2.21 bits per heavy atom. The van der Waals surface area contributed by atoms with E-state index < -0.39 is 39.3 Å². The molecule has 0 fully saturated rings. The minimum Gasteiger partial charge on any atom is -0.497 e. The highest BCUT2D eigenvalue weighted by atomic mass is 32.2. The van der Waals surface area contributed by atoms with Crippen LogP contribution in [0, 0.1) is 10.1 Å². The number of amides is 2. The van der Waals surface area contributed by atoms with Gasteiger partial charge < -0.3 is 19.7 Å². The highest BCUT2D eigenvalue weighted by molar-refractivity contribution is 7.92. The molecule has 0 aromatic heterocycles. The Bertz CT molecular complexity index is 1250. The number of carbonyl (C=O) groups excluding carboxylic acids is 2. The number of nitrogens with zero attached hydrogens (tertiary/aromatic N) is 3. The average Bonchev–Trinajstić information content (AvgIpc) is 2.88. The Kier molecular flexibility index (Phi) is 10.5. The first-order valence-corrected chi connectivity index (χ1v) is 13.7. The first kappa shape index (κ1) is 30.4. The summed E-state index contributed by atoms with van der Waals surface area (Å²) >= 11 is 0. The number of hydrogen-bond donors (Lipinski definition) is 1. The van der Waals surface area contributed by atoms with Crippen molar-refractivity contribution >= 4 is 33.2 Å². The predicted molar refractivity (Wildman–Crippen MR) is 143 cm³/mol. The molecule has 2 amide bonds. The van der Waals surface area contributed by atoms with Gasteiger partial charge in [0.2, 0.25) is 21.8 Å². The molecule has 2 aromatic rings. The van der Waals surface area contributed by atoms with E-state index in [9.17, 15) is 28.1 Å². The van der Waals surface area contributed by atoms with Crippen molar-refractivity contribution in [2.75, 3.05) is 31.3 Å². The number of sulfonamides is 1. The molecule has 0 radical (unpaired) electrons. The van der Waals surface area contributed by atoms with E-state index in [0.717, 1.165) is 16.6 Å².